The maximum absolute atomic E-state index is 12.4. The Labute approximate surface area is 145 Å². The molecule has 5 nitrogen and oxygen atoms in total. The lowest BCUT2D eigenvalue weighted by Crippen LogP contribution is -2.55. The molecule has 2 rings (SSSR count). The molecule has 1 saturated carbocycles. The van der Waals surface area contributed by atoms with Crippen molar-refractivity contribution in [2.75, 3.05) is 27.7 Å². The average Bonchev–Trinajstić information content (AvgIpc) is 2.59. The number of nitrogens with zero attached hydrogens (tertiary/aromatic N) is 1. The smallest absolute Gasteiger partial charge is 0.253 e. The van der Waals surface area contributed by atoms with Crippen LogP contribution in [0, 0.1) is 5.92 Å². The minimum Gasteiger partial charge on any atom is -0.497 e. The predicted molar refractivity (Wildman–Crippen MR) is 95.0 cm³/mol. The summed E-state index contributed by atoms with van der Waals surface area (Å²) in [7, 11) is 5.71. The third-order valence-electron chi connectivity index (χ3n) is 5.27. The van der Waals surface area contributed by atoms with Crippen molar-refractivity contribution in [3.63, 3.8) is 0 Å². The first-order valence-electron chi connectivity index (χ1n) is 8.65. The zero-order valence-electron chi connectivity index (χ0n) is 15.2. The first-order chi connectivity index (χ1) is 11.4. The number of carbonyl (C=O) groups is 1. The van der Waals surface area contributed by atoms with Crippen LogP contribution in [-0.4, -0.2) is 49.2 Å². The minimum atomic E-state index is -1.18. The fourth-order valence-electron chi connectivity index (χ4n) is 3.67. The molecule has 0 aromatic heterocycles. The molecular weight excluding hydrogens is 304 g/mol. The Morgan fingerprint density at radius 3 is 2.88 bits per heavy atom. The molecule has 1 amide bonds. The molecule has 0 radical (unpaired) electrons. The summed E-state index contributed by atoms with van der Waals surface area (Å²) in [4.78, 5) is 14.6. The van der Waals surface area contributed by atoms with E-state index in [-0.39, 0.29) is 11.4 Å². The monoisotopic (exact) mass is 334 g/mol. The highest BCUT2D eigenvalue weighted by atomic mass is 16.5. The summed E-state index contributed by atoms with van der Waals surface area (Å²) in [6.07, 6.45) is 3.37. The maximum Gasteiger partial charge on any atom is 0.253 e. The highest BCUT2D eigenvalue weighted by molar-refractivity contribution is 5.82. The zero-order chi connectivity index (χ0) is 17.7. The van der Waals surface area contributed by atoms with Gasteiger partial charge in [0.25, 0.3) is 5.91 Å². The van der Waals surface area contributed by atoms with Gasteiger partial charge in [-0.3, -0.25) is 4.79 Å². The molecule has 2 N–H and O–H groups in total. The van der Waals surface area contributed by atoms with E-state index in [0.29, 0.717) is 23.8 Å². The van der Waals surface area contributed by atoms with E-state index in [1.165, 1.54) is 12.8 Å². The number of hydrogen-bond acceptors (Lipinski definition) is 4. The van der Waals surface area contributed by atoms with Crippen molar-refractivity contribution in [3.05, 3.63) is 29.8 Å². The van der Waals surface area contributed by atoms with Gasteiger partial charge in [0.2, 0.25) is 0 Å². The Morgan fingerprint density at radius 1 is 1.50 bits per heavy atom. The number of likely N-dealkylation sites (N-methyl/N-ethyl adjacent to an activating group) is 1. The topological polar surface area (TPSA) is 61.8 Å². The Kier molecular flexibility index (Phi) is 6.24. The van der Waals surface area contributed by atoms with Crippen LogP contribution >= 0.6 is 0 Å². The van der Waals surface area contributed by atoms with Gasteiger partial charge in [0.1, 0.15) is 5.75 Å². The largest absolute Gasteiger partial charge is 0.497 e. The number of hydrogen-bond donors (Lipinski definition) is 2. The Bertz CT molecular complexity index is 561. The number of carbonyl (C=O) groups excluding carboxylic acids is 1. The quantitative estimate of drug-likeness (QED) is 0.838. The van der Waals surface area contributed by atoms with Gasteiger partial charge in [-0.2, -0.15) is 0 Å². The number of nitrogens with one attached hydrogen (secondary N) is 1. The van der Waals surface area contributed by atoms with E-state index in [2.05, 4.69) is 31.2 Å². The van der Waals surface area contributed by atoms with Crippen molar-refractivity contribution in [3.8, 4) is 5.75 Å². The molecule has 24 heavy (non-hydrogen) atoms. The molecule has 3 unspecified atom stereocenters. The average molecular weight is 334 g/mol. The van der Waals surface area contributed by atoms with Gasteiger partial charge in [-0.15, -0.1) is 0 Å². The van der Waals surface area contributed by atoms with Crippen LogP contribution in [0.5, 0.6) is 5.75 Å². The van der Waals surface area contributed by atoms with Crippen molar-refractivity contribution in [1.82, 2.24) is 10.2 Å². The van der Waals surface area contributed by atoms with E-state index in [9.17, 15) is 9.90 Å². The number of rotatable bonds is 6. The molecule has 5 heteroatoms. The second-order valence-corrected chi connectivity index (χ2v) is 7.22. The molecule has 0 heterocycles. The summed E-state index contributed by atoms with van der Waals surface area (Å²) < 4.78 is 5.15. The Balaban J connectivity index is 2.02. The summed E-state index contributed by atoms with van der Waals surface area (Å²) in [6.45, 7) is 2.83. The molecule has 0 spiro atoms. The fourth-order valence-corrected chi connectivity index (χ4v) is 3.67. The first kappa shape index (κ1) is 18.7. The van der Waals surface area contributed by atoms with Gasteiger partial charge < -0.3 is 20.1 Å². The SMILES string of the molecule is COc1cccc(C(O)C(=O)NCC2(N(C)C)CCCC(C)C2)c1. The van der Waals surface area contributed by atoms with Crippen LogP contribution in [0.15, 0.2) is 24.3 Å². The minimum absolute atomic E-state index is 0.0264. The van der Waals surface area contributed by atoms with Crippen molar-refractivity contribution in [2.24, 2.45) is 5.92 Å². The molecular formula is C19H30N2O3. The van der Waals surface area contributed by atoms with Gasteiger partial charge in [-0.25, -0.2) is 0 Å². The maximum atomic E-state index is 12.4. The van der Waals surface area contributed by atoms with Crippen molar-refractivity contribution < 1.29 is 14.6 Å². The fraction of sp³-hybridized carbons (Fsp3) is 0.632. The lowest BCUT2D eigenvalue weighted by atomic mass is 9.75. The van der Waals surface area contributed by atoms with Crippen molar-refractivity contribution >= 4 is 5.91 Å². The number of amides is 1. The van der Waals surface area contributed by atoms with Gasteiger partial charge in [-0.05, 0) is 50.6 Å². The van der Waals surface area contributed by atoms with Gasteiger partial charge in [-0.1, -0.05) is 31.9 Å². The van der Waals surface area contributed by atoms with E-state index in [1.807, 2.05) is 0 Å². The van der Waals surface area contributed by atoms with Crippen molar-refractivity contribution in [1.29, 1.82) is 0 Å². The molecule has 1 aliphatic rings. The van der Waals surface area contributed by atoms with Gasteiger partial charge >= 0.3 is 0 Å². The van der Waals surface area contributed by atoms with Crippen LogP contribution in [0.3, 0.4) is 0 Å². The third kappa shape index (κ3) is 4.28. The van der Waals surface area contributed by atoms with Crippen LogP contribution in [0.1, 0.15) is 44.3 Å². The second-order valence-electron chi connectivity index (χ2n) is 7.22. The summed E-state index contributed by atoms with van der Waals surface area (Å²) in [5.74, 6) is 0.925. The number of aliphatic hydroxyl groups excluding tert-OH is 1. The van der Waals surface area contributed by atoms with E-state index in [0.717, 1.165) is 12.8 Å². The second kappa shape index (κ2) is 7.99. The number of aliphatic hydroxyl groups is 1. The first-order valence-corrected chi connectivity index (χ1v) is 8.65. The van der Waals surface area contributed by atoms with Gasteiger partial charge in [0.05, 0.1) is 7.11 Å². The third-order valence-corrected chi connectivity index (χ3v) is 5.27. The molecule has 3 atom stereocenters. The summed E-state index contributed by atoms with van der Waals surface area (Å²) in [6, 6.07) is 6.99. The summed E-state index contributed by atoms with van der Waals surface area (Å²) in [5.41, 5.74) is 0.518. The lowest BCUT2D eigenvalue weighted by Gasteiger charge is -2.45. The molecule has 0 bridgehead atoms. The molecule has 134 valence electrons. The number of ether oxygens (including phenoxy) is 1. The number of benzene rings is 1. The van der Waals surface area contributed by atoms with Gasteiger partial charge in [0, 0.05) is 12.1 Å². The summed E-state index contributed by atoms with van der Waals surface area (Å²) >= 11 is 0. The Hall–Kier alpha value is -1.59. The molecule has 1 aromatic rings. The highest BCUT2D eigenvalue weighted by Gasteiger charge is 2.37. The van der Waals surface area contributed by atoms with E-state index in [1.54, 1.807) is 31.4 Å². The van der Waals surface area contributed by atoms with Crippen LogP contribution < -0.4 is 10.1 Å². The number of methoxy groups -OCH3 is 1. The van der Waals surface area contributed by atoms with E-state index >= 15 is 0 Å². The van der Waals surface area contributed by atoms with E-state index in [4.69, 9.17) is 4.74 Å². The lowest BCUT2D eigenvalue weighted by molar-refractivity contribution is -0.130. The summed E-state index contributed by atoms with van der Waals surface area (Å²) in [5, 5.41) is 13.3. The van der Waals surface area contributed by atoms with Crippen LogP contribution in [0.4, 0.5) is 0 Å². The zero-order valence-corrected chi connectivity index (χ0v) is 15.2. The van der Waals surface area contributed by atoms with Crippen LogP contribution in [0.2, 0.25) is 0 Å². The van der Waals surface area contributed by atoms with Crippen LogP contribution in [0.25, 0.3) is 0 Å². The normalized spacial score (nSPS) is 25.3. The highest BCUT2D eigenvalue weighted by Crippen LogP contribution is 2.35. The van der Waals surface area contributed by atoms with E-state index < -0.39 is 6.10 Å². The molecule has 1 fully saturated rings. The Morgan fingerprint density at radius 2 is 2.25 bits per heavy atom. The molecule has 0 saturated heterocycles. The standard InChI is InChI=1S/C19H30N2O3/c1-14-7-6-10-19(12-14,21(2)3)13-20-18(23)17(22)15-8-5-9-16(11-15)24-4/h5,8-9,11,14,17,22H,6-7,10,12-13H2,1-4H3,(H,20,23). The predicted octanol–water partition coefficient (Wildman–Crippen LogP) is 2.36. The van der Waals surface area contributed by atoms with Crippen LogP contribution in [-0.2, 0) is 4.79 Å². The molecule has 1 aliphatic carbocycles. The van der Waals surface area contributed by atoms with Gasteiger partial charge in [0.15, 0.2) is 6.10 Å². The van der Waals surface area contributed by atoms with Crippen molar-refractivity contribution in [2.45, 2.75) is 44.2 Å². The molecule has 1 aromatic carbocycles. The molecule has 0 aliphatic heterocycles.